The molecule has 0 radical (unpaired) electrons. The molecule has 0 spiro atoms. The molecule has 3 rings (SSSR count). The maximum absolute atomic E-state index is 12.9. The Morgan fingerprint density at radius 3 is 2.54 bits per heavy atom. The summed E-state index contributed by atoms with van der Waals surface area (Å²) in [5.41, 5.74) is 0.666. The van der Waals surface area contributed by atoms with Crippen molar-refractivity contribution < 1.29 is 22.8 Å². The number of nitrogens with zero attached hydrogens (tertiary/aromatic N) is 3. The Hall–Kier alpha value is -2.19. The molecule has 2 atom stereocenters. The Bertz CT molecular complexity index is 733. The highest BCUT2D eigenvalue weighted by Gasteiger charge is 2.56. The zero-order chi connectivity index (χ0) is 17.5. The lowest BCUT2D eigenvalue weighted by Gasteiger charge is -2.28. The van der Waals surface area contributed by atoms with E-state index in [9.17, 15) is 22.8 Å². The molecular formula is C15H11ClF3N3O2. The standard InChI is InChI=1S/C15H11ClF3N3O2/c16-10-6-11-21(7-9-4-2-1-3-5-9)12(13(23)15(17,18)19)14(24)22(11)8-20-10/h1-6,8,11-12H,7H2. The van der Waals surface area contributed by atoms with Crippen molar-refractivity contribution in [3.8, 4) is 0 Å². The minimum Gasteiger partial charge on any atom is -0.287 e. The molecule has 0 saturated carbocycles. The van der Waals surface area contributed by atoms with E-state index in [4.69, 9.17) is 11.6 Å². The monoisotopic (exact) mass is 357 g/mol. The van der Waals surface area contributed by atoms with Gasteiger partial charge in [-0.25, -0.2) is 4.99 Å². The lowest BCUT2D eigenvalue weighted by molar-refractivity contribution is -0.177. The third kappa shape index (κ3) is 2.94. The fourth-order valence-corrected chi connectivity index (χ4v) is 2.86. The molecule has 24 heavy (non-hydrogen) atoms. The molecule has 9 heteroatoms. The molecule has 1 aromatic carbocycles. The van der Waals surface area contributed by atoms with Crippen molar-refractivity contribution in [1.82, 2.24) is 9.80 Å². The van der Waals surface area contributed by atoms with Crippen LogP contribution >= 0.6 is 11.6 Å². The number of carbonyl (C=O) groups excluding carboxylic acids is 2. The number of halogens is 4. The maximum Gasteiger partial charge on any atom is 0.452 e. The number of hydrogen-bond acceptors (Lipinski definition) is 4. The third-order valence-electron chi connectivity index (χ3n) is 3.77. The number of alkyl halides is 3. The summed E-state index contributed by atoms with van der Waals surface area (Å²) >= 11 is 5.81. The van der Waals surface area contributed by atoms with E-state index in [2.05, 4.69) is 4.99 Å². The number of hydrogen-bond donors (Lipinski definition) is 0. The number of aliphatic imine (C=N–C) groups is 1. The van der Waals surface area contributed by atoms with Crippen molar-refractivity contribution in [2.75, 3.05) is 0 Å². The van der Waals surface area contributed by atoms with Gasteiger partial charge < -0.3 is 0 Å². The Morgan fingerprint density at radius 1 is 1.25 bits per heavy atom. The van der Waals surface area contributed by atoms with Crippen molar-refractivity contribution in [3.05, 3.63) is 47.1 Å². The largest absolute Gasteiger partial charge is 0.452 e. The van der Waals surface area contributed by atoms with E-state index >= 15 is 0 Å². The van der Waals surface area contributed by atoms with Gasteiger partial charge in [0, 0.05) is 6.54 Å². The van der Waals surface area contributed by atoms with Crippen molar-refractivity contribution in [3.63, 3.8) is 0 Å². The van der Waals surface area contributed by atoms with E-state index in [1.54, 1.807) is 30.3 Å². The summed E-state index contributed by atoms with van der Waals surface area (Å²) < 4.78 is 38.8. The number of fused-ring (bicyclic) bond motifs is 1. The van der Waals surface area contributed by atoms with Crippen molar-refractivity contribution in [2.24, 2.45) is 4.99 Å². The second kappa shape index (κ2) is 6.03. The average Bonchev–Trinajstić information content (AvgIpc) is 2.78. The molecule has 0 bridgehead atoms. The van der Waals surface area contributed by atoms with Gasteiger partial charge in [-0.1, -0.05) is 41.9 Å². The molecule has 2 aliphatic heterocycles. The third-order valence-corrected chi connectivity index (χ3v) is 4.00. The average molecular weight is 358 g/mol. The number of ketones is 1. The molecule has 126 valence electrons. The van der Waals surface area contributed by atoms with Gasteiger partial charge in [-0.15, -0.1) is 0 Å². The number of amides is 1. The molecular weight excluding hydrogens is 347 g/mol. The van der Waals surface area contributed by atoms with Gasteiger partial charge in [0.05, 0.1) is 0 Å². The highest BCUT2D eigenvalue weighted by atomic mass is 35.5. The first-order valence-electron chi connectivity index (χ1n) is 6.93. The minimum atomic E-state index is -5.12. The van der Waals surface area contributed by atoms with Crippen molar-refractivity contribution in [2.45, 2.75) is 24.9 Å². The van der Waals surface area contributed by atoms with Crippen molar-refractivity contribution >= 4 is 29.6 Å². The van der Waals surface area contributed by atoms with Crippen LogP contribution in [0.3, 0.4) is 0 Å². The molecule has 1 amide bonds. The predicted molar refractivity (Wildman–Crippen MR) is 79.9 cm³/mol. The first-order valence-corrected chi connectivity index (χ1v) is 7.31. The molecule has 5 nitrogen and oxygen atoms in total. The quantitative estimate of drug-likeness (QED) is 0.616. The number of Topliss-reactive ketones (excluding diaryl/α,β-unsaturated/α-hetero) is 1. The van der Waals surface area contributed by atoms with Gasteiger partial charge in [-0.2, -0.15) is 13.2 Å². The van der Waals surface area contributed by atoms with Crippen LogP contribution in [0.2, 0.25) is 0 Å². The van der Waals surface area contributed by atoms with Gasteiger partial charge in [0.1, 0.15) is 17.7 Å². The molecule has 1 aromatic rings. The maximum atomic E-state index is 12.9. The topological polar surface area (TPSA) is 53.0 Å². The summed E-state index contributed by atoms with van der Waals surface area (Å²) in [5, 5.41) is 0.0437. The van der Waals surface area contributed by atoms with Crippen LogP contribution in [0.25, 0.3) is 0 Å². The van der Waals surface area contributed by atoms with E-state index in [0.29, 0.717) is 5.56 Å². The van der Waals surface area contributed by atoms with Crippen LogP contribution < -0.4 is 0 Å². The summed E-state index contributed by atoms with van der Waals surface area (Å²) in [6.45, 7) is -0.0191. The van der Waals surface area contributed by atoms with Gasteiger partial charge in [-0.05, 0) is 11.6 Å². The highest BCUT2D eigenvalue weighted by Crippen LogP contribution is 2.32. The predicted octanol–water partition coefficient (Wildman–Crippen LogP) is 2.28. The molecule has 1 saturated heterocycles. The van der Waals surface area contributed by atoms with Crippen LogP contribution in [-0.4, -0.2) is 46.2 Å². The van der Waals surface area contributed by atoms with E-state index in [0.717, 1.165) is 11.2 Å². The van der Waals surface area contributed by atoms with Crippen LogP contribution in [0, 0.1) is 0 Å². The lowest BCUT2D eigenvalue weighted by atomic mass is 10.1. The van der Waals surface area contributed by atoms with E-state index in [1.165, 1.54) is 11.0 Å². The summed E-state index contributed by atoms with van der Waals surface area (Å²) in [5.74, 6) is -3.07. The normalized spacial score (nSPS) is 24.1. The SMILES string of the molecule is O=C1C(C(=O)C(F)(F)F)N(Cc2ccccc2)C2C=C(Cl)N=CN12. The summed E-state index contributed by atoms with van der Waals surface area (Å²) in [6.07, 6.45) is -3.61. The van der Waals surface area contributed by atoms with E-state index in [-0.39, 0.29) is 11.7 Å². The van der Waals surface area contributed by atoms with Gasteiger partial charge >= 0.3 is 6.18 Å². The van der Waals surface area contributed by atoms with Gasteiger partial charge in [0.25, 0.3) is 11.7 Å². The summed E-state index contributed by atoms with van der Waals surface area (Å²) in [4.78, 5) is 30.0. The Balaban J connectivity index is 2.00. The number of benzene rings is 1. The Labute approximate surface area is 140 Å². The molecule has 0 aliphatic carbocycles. The molecule has 0 aromatic heterocycles. The summed E-state index contributed by atoms with van der Waals surface area (Å²) in [6, 6.07) is 6.64. The van der Waals surface area contributed by atoms with Gasteiger partial charge in [0.2, 0.25) is 0 Å². The molecule has 2 heterocycles. The Kier molecular flexibility index (Phi) is 4.18. The summed E-state index contributed by atoms with van der Waals surface area (Å²) in [7, 11) is 0. The second-order valence-corrected chi connectivity index (χ2v) is 5.70. The van der Waals surface area contributed by atoms with Crippen molar-refractivity contribution in [1.29, 1.82) is 0 Å². The van der Waals surface area contributed by atoms with Crippen LogP contribution in [0.1, 0.15) is 5.56 Å². The Morgan fingerprint density at radius 2 is 1.92 bits per heavy atom. The smallest absolute Gasteiger partial charge is 0.287 e. The number of rotatable bonds is 3. The second-order valence-electron chi connectivity index (χ2n) is 5.32. The molecule has 1 fully saturated rings. The van der Waals surface area contributed by atoms with Crippen LogP contribution in [0.15, 0.2) is 46.6 Å². The fourth-order valence-electron chi connectivity index (χ4n) is 2.71. The van der Waals surface area contributed by atoms with E-state index in [1.807, 2.05) is 0 Å². The zero-order valence-electron chi connectivity index (χ0n) is 12.1. The lowest BCUT2D eigenvalue weighted by Crippen LogP contribution is -2.47. The molecule has 2 unspecified atom stereocenters. The van der Waals surface area contributed by atoms with Crippen LogP contribution in [0.5, 0.6) is 0 Å². The number of carbonyl (C=O) groups is 2. The zero-order valence-corrected chi connectivity index (χ0v) is 12.8. The van der Waals surface area contributed by atoms with Crippen LogP contribution in [-0.2, 0) is 16.1 Å². The van der Waals surface area contributed by atoms with Crippen LogP contribution in [0.4, 0.5) is 13.2 Å². The first kappa shape index (κ1) is 16.7. The van der Waals surface area contributed by atoms with E-state index < -0.39 is 30.1 Å². The first-order chi connectivity index (χ1) is 11.3. The molecule has 0 N–H and O–H groups in total. The van der Waals surface area contributed by atoms with Gasteiger partial charge in [0.15, 0.2) is 6.04 Å². The van der Waals surface area contributed by atoms with Gasteiger partial charge in [-0.3, -0.25) is 19.4 Å². The highest BCUT2D eigenvalue weighted by molar-refractivity contribution is 6.30. The fraction of sp³-hybridized carbons (Fsp3) is 0.267. The minimum absolute atomic E-state index is 0.0191. The molecule has 2 aliphatic rings.